The molecule has 0 aliphatic carbocycles. The number of anilines is 2. The van der Waals surface area contributed by atoms with Crippen LogP contribution in [0.3, 0.4) is 0 Å². The molecule has 0 amide bonds. The molecule has 0 radical (unpaired) electrons. The Morgan fingerprint density at radius 1 is 0.931 bits per heavy atom. The summed E-state index contributed by atoms with van der Waals surface area (Å²) >= 11 is 0. The molecule has 1 saturated heterocycles. The third-order valence-electron chi connectivity index (χ3n) is 5.45. The predicted molar refractivity (Wildman–Crippen MR) is 109 cm³/mol. The van der Waals surface area contributed by atoms with Crippen LogP contribution in [-0.4, -0.2) is 45.8 Å². The Balaban J connectivity index is 1.49. The first-order valence-electron chi connectivity index (χ1n) is 9.64. The Kier molecular flexibility index (Phi) is 4.19. The Hall–Kier alpha value is -3.42. The van der Waals surface area contributed by atoms with Crippen molar-refractivity contribution < 1.29 is 8.81 Å². The second-order valence-electron chi connectivity index (χ2n) is 7.20. The fourth-order valence-corrected chi connectivity index (χ4v) is 3.82. The van der Waals surface area contributed by atoms with Gasteiger partial charge in [0.25, 0.3) is 5.78 Å². The van der Waals surface area contributed by atoms with Gasteiger partial charge in [-0.3, -0.25) is 0 Å². The maximum Gasteiger partial charge on any atom is 0.255 e. The second-order valence-corrected chi connectivity index (χ2v) is 7.20. The van der Waals surface area contributed by atoms with Gasteiger partial charge in [-0.1, -0.05) is 12.1 Å². The zero-order valence-electron chi connectivity index (χ0n) is 16.3. The average molecular weight is 392 g/mol. The fraction of sp³-hybridized carbons (Fsp3) is 0.286. The molecule has 0 spiro atoms. The highest BCUT2D eigenvalue weighted by Crippen LogP contribution is 2.27. The number of benzene rings is 1. The van der Waals surface area contributed by atoms with E-state index in [1.54, 1.807) is 16.8 Å². The van der Waals surface area contributed by atoms with Gasteiger partial charge in [-0.25, -0.2) is 9.37 Å². The molecule has 0 unspecified atom stereocenters. The molecule has 1 aliphatic heterocycles. The molecule has 1 aliphatic rings. The number of para-hydroxylation sites is 1. The molecular weight excluding hydrogens is 371 g/mol. The molecule has 3 aromatic heterocycles. The summed E-state index contributed by atoms with van der Waals surface area (Å²) in [5.41, 5.74) is 2.64. The monoisotopic (exact) mass is 392 g/mol. The van der Waals surface area contributed by atoms with E-state index in [0.717, 1.165) is 43.3 Å². The fourth-order valence-electron chi connectivity index (χ4n) is 3.82. The zero-order chi connectivity index (χ0) is 20.0. The number of aromatic nitrogens is 4. The first-order valence-corrected chi connectivity index (χ1v) is 9.64. The standard InChI is InChI=1S/C21H21FN6O/c1-14-15(2)23-21-24-19(18-8-5-13-29-18)25-28(21)20(14)27-11-9-26(10-12-27)17-7-4-3-6-16(17)22/h3-8,13H,9-12H2,1-2H3. The number of hydrogen-bond donors (Lipinski definition) is 0. The van der Waals surface area contributed by atoms with Gasteiger partial charge in [0.1, 0.15) is 11.6 Å². The molecular formula is C21H21FN6O. The molecule has 0 N–H and O–H groups in total. The van der Waals surface area contributed by atoms with E-state index in [2.05, 4.69) is 31.8 Å². The van der Waals surface area contributed by atoms with Gasteiger partial charge in [0.05, 0.1) is 12.0 Å². The van der Waals surface area contributed by atoms with E-state index in [4.69, 9.17) is 4.42 Å². The Labute approximate surface area is 167 Å². The minimum absolute atomic E-state index is 0.182. The van der Waals surface area contributed by atoms with Crippen molar-refractivity contribution in [2.75, 3.05) is 36.0 Å². The van der Waals surface area contributed by atoms with Gasteiger partial charge in [0.2, 0.25) is 5.82 Å². The number of hydrogen-bond acceptors (Lipinski definition) is 6. The van der Waals surface area contributed by atoms with Gasteiger partial charge in [0.15, 0.2) is 5.76 Å². The molecule has 7 nitrogen and oxygen atoms in total. The van der Waals surface area contributed by atoms with Crippen LogP contribution in [0.15, 0.2) is 47.1 Å². The summed E-state index contributed by atoms with van der Waals surface area (Å²) in [5, 5.41) is 4.66. The Morgan fingerprint density at radius 3 is 2.41 bits per heavy atom. The number of furan rings is 1. The van der Waals surface area contributed by atoms with Crippen LogP contribution in [0.2, 0.25) is 0 Å². The van der Waals surface area contributed by atoms with Crippen LogP contribution >= 0.6 is 0 Å². The zero-order valence-corrected chi connectivity index (χ0v) is 16.3. The van der Waals surface area contributed by atoms with Crippen molar-refractivity contribution in [1.82, 2.24) is 19.6 Å². The first-order chi connectivity index (χ1) is 14.1. The van der Waals surface area contributed by atoms with E-state index in [0.29, 0.717) is 23.0 Å². The van der Waals surface area contributed by atoms with Crippen molar-refractivity contribution in [1.29, 1.82) is 0 Å². The lowest BCUT2D eigenvalue weighted by molar-refractivity contribution is 0.576. The van der Waals surface area contributed by atoms with Crippen LogP contribution < -0.4 is 9.80 Å². The summed E-state index contributed by atoms with van der Waals surface area (Å²) in [5.74, 6) is 2.47. The lowest BCUT2D eigenvalue weighted by Crippen LogP contribution is -2.47. The molecule has 8 heteroatoms. The summed E-state index contributed by atoms with van der Waals surface area (Å²) in [6, 6.07) is 10.6. The maximum atomic E-state index is 14.2. The highest BCUT2D eigenvalue weighted by molar-refractivity contribution is 5.59. The van der Waals surface area contributed by atoms with E-state index in [-0.39, 0.29) is 5.82 Å². The molecule has 4 heterocycles. The molecule has 0 bridgehead atoms. The second kappa shape index (κ2) is 6.88. The van der Waals surface area contributed by atoms with Crippen LogP contribution in [0, 0.1) is 19.7 Å². The van der Waals surface area contributed by atoms with Crippen LogP contribution in [0.4, 0.5) is 15.9 Å². The van der Waals surface area contributed by atoms with E-state index < -0.39 is 0 Å². The highest BCUT2D eigenvalue weighted by Gasteiger charge is 2.25. The minimum Gasteiger partial charge on any atom is -0.461 e. The smallest absolute Gasteiger partial charge is 0.255 e. The molecule has 4 aromatic rings. The molecule has 148 valence electrons. The van der Waals surface area contributed by atoms with E-state index in [1.807, 2.05) is 31.2 Å². The number of aryl methyl sites for hydroxylation is 1. The van der Waals surface area contributed by atoms with Crippen LogP contribution in [0.1, 0.15) is 11.3 Å². The number of piperazine rings is 1. The van der Waals surface area contributed by atoms with Gasteiger partial charge < -0.3 is 14.2 Å². The first kappa shape index (κ1) is 17.7. The molecule has 0 saturated carbocycles. The number of halogens is 1. The predicted octanol–water partition coefficient (Wildman–Crippen LogP) is 3.47. The lowest BCUT2D eigenvalue weighted by Gasteiger charge is -2.37. The van der Waals surface area contributed by atoms with Crippen molar-refractivity contribution in [2.24, 2.45) is 0 Å². The topological polar surface area (TPSA) is 62.7 Å². The molecule has 0 atom stereocenters. The van der Waals surface area contributed by atoms with Crippen LogP contribution in [-0.2, 0) is 0 Å². The summed E-state index contributed by atoms with van der Waals surface area (Å²) in [4.78, 5) is 13.5. The number of rotatable bonds is 3. The number of fused-ring (bicyclic) bond motifs is 1. The van der Waals surface area contributed by atoms with Crippen molar-refractivity contribution in [2.45, 2.75) is 13.8 Å². The summed E-state index contributed by atoms with van der Waals surface area (Å²) in [7, 11) is 0. The lowest BCUT2D eigenvalue weighted by atomic mass is 10.2. The largest absolute Gasteiger partial charge is 0.461 e. The van der Waals surface area contributed by atoms with E-state index in [9.17, 15) is 4.39 Å². The SMILES string of the molecule is Cc1nc2nc(-c3ccco3)nn2c(N2CCN(c3ccccc3F)CC2)c1C. The van der Waals surface area contributed by atoms with Gasteiger partial charge in [-0.15, -0.1) is 5.10 Å². The summed E-state index contributed by atoms with van der Waals surface area (Å²) in [6.07, 6.45) is 1.60. The Bertz CT molecular complexity index is 1160. The molecule has 29 heavy (non-hydrogen) atoms. The van der Waals surface area contributed by atoms with Crippen molar-refractivity contribution >= 4 is 17.3 Å². The van der Waals surface area contributed by atoms with Crippen molar-refractivity contribution in [3.8, 4) is 11.6 Å². The summed E-state index contributed by atoms with van der Waals surface area (Å²) in [6.45, 7) is 6.99. The molecule has 1 fully saturated rings. The van der Waals surface area contributed by atoms with Crippen molar-refractivity contribution in [3.05, 3.63) is 59.7 Å². The Morgan fingerprint density at radius 2 is 1.69 bits per heavy atom. The maximum absolute atomic E-state index is 14.2. The van der Waals surface area contributed by atoms with Crippen LogP contribution in [0.5, 0.6) is 0 Å². The highest BCUT2D eigenvalue weighted by atomic mass is 19.1. The van der Waals surface area contributed by atoms with Gasteiger partial charge in [-0.2, -0.15) is 9.50 Å². The minimum atomic E-state index is -0.182. The van der Waals surface area contributed by atoms with Gasteiger partial charge >= 0.3 is 0 Å². The molecule has 5 rings (SSSR count). The summed E-state index contributed by atoms with van der Waals surface area (Å²) < 4.78 is 21.4. The molecule has 1 aromatic carbocycles. The third-order valence-corrected chi connectivity index (χ3v) is 5.45. The quantitative estimate of drug-likeness (QED) is 0.532. The van der Waals surface area contributed by atoms with E-state index >= 15 is 0 Å². The van der Waals surface area contributed by atoms with Crippen LogP contribution in [0.25, 0.3) is 17.4 Å². The normalized spacial score (nSPS) is 14.7. The van der Waals surface area contributed by atoms with E-state index in [1.165, 1.54) is 6.07 Å². The number of nitrogens with zero attached hydrogens (tertiary/aromatic N) is 6. The average Bonchev–Trinajstić information content (AvgIpc) is 3.39. The van der Waals surface area contributed by atoms with Gasteiger partial charge in [-0.05, 0) is 38.1 Å². The van der Waals surface area contributed by atoms with Gasteiger partial charge in [0, 0.05) is 37.4 Å². The third kappa shape index (κ3) is 3.00. The van der Waals surface area contributed by atoms with Crippen molar-refractivity contribution in [3.63, 3.8) is 0 Å².